The van der Waals surface area contributed by atoms with E-state index in [9.17, 15) is 29.5 Å². The van der Waals surface area contributed by atoms with Gasteiger partial charge in [0.2, 0.25) is 0 Å². The summed E-state index contributed by atoms with van der Waals surface area (Å²) in [5.41, 5.74) is 3.59. The molecule has 0 spiro atoms. The van der Waals surface area contributed by atoms with Crippen molar-refractivity contribution in [1.29, 1.82) is 0 Å². The lowest BCUT2D eigenvalue weighted by Crippen LogP contribution is -2.20. The molecule has 2 aliphatic heterocycles. The summed E-state index contributed by atoms with van der Waals surface area (Å²) in [6.07, 6.45) is 9.83. The van der Waals surface area contributed by atoms with Crippen LogP contribution < -0.4 is 10.6 Å². The van der Waals surface area contributed by atoms with Crippen LogP contribution in [-0.2, 0) is 52.1 Å². The van der Waals surface area contributed by atoms with Crippen molar-refractivity contribution < 1.29 is 29.5 Å². The predicted molar refractivity (Wildman–Crippen MR) is 193 cm³/mol. The molecule has 0 bridgehead atoms. The van der Waals surface area contributed by atoms with Crippen LogP contribution in [0.3, 0.4) is 0 Å². The van der Waals surface area contributed by atoms with Gasteiger partial charge in [-0.05, 0) is 23.3 Å². The van der Waals surface area contributed by atoms with Gasteiger partial charge in [0.15, 0.2) is 19.7 Å². The Hall–Kier alpha value is -3.50. The van der Waals surface area contributed by atoms with E-state index in [0.717, 1.165) is 10.8 Å². The lowest BCUT2D eigenvalue weighted by atomic mass is 10.1. The number of aromatic nitrogens is 1. The van der Waals surface area contributed by atoms with E-state index in [1.54, 1.807) is 80.0 Å². The molecule has 0 aliphatic carbocycles. The van der Waals surface area contributed by atoms with Gasteiger partial charge < -0.3 is 10.6 Å². The molecule has 3 aromatic rings. The van der Waals surface area contributed by atoms with Crippen LogP contribution in [0.2, 0.25) is 0 Å². The van der Waals surface area contributed by atoms with Crippen molar-refractivity contribution in [2.45, 2.75) is 0 Å². The first-order chi connectivity index (χ1) is 21.5. The molecule has 0 amide bonds. The molecule has 10 nitrogen and oxygen atoms in total. The maximum atomic E-state index is 12.6. The Morgan fingerprint density at radius 2 is 0.739 bits per heavy atom. The molecule has 15 heteroatoms. The molecule has 248 valence electrons. The van der Waals surface area contributed by atoms with Gasteiger partial charge in [0.25, 0.3) is 0 Å². The number of hydrogen-bond donors (Lipinski definition) is 2. The Morgan fingerprint density at radius 1 is 0.457 bits per heavy atom. The fourth-order valence-electron chi connectivity index (χ4n) is 3.63. The second-order valence-electron chi connectivity index (χ2n) is 9.92. The van der Waals surface area contributed by atoms with Crippen molar-refractivity contribution in [1.82, 2.24) is 15.6 Å². The minimum Gasteiger partial charge on any atom is -0.352 e. The topological polar surface area (TPSA) is 156 Å². The van der Waals surface area contributed by atoms with Crippen molar-refractivity contribution in [3.05, 3.63) is 123 Å². The molecule has 1 aromatic heterocycles. The van der Waals surface area contributed by atoms with E-state index in [-0.39, 0.29) is 0 Å². The van der Waals surface area contributed by atoms with Crippen molar-refractivity contribution in [2.75, 3.05) is 37.5 Å². The number of sulfone groups is 2. The first kappa shape index (κ1) is 38.7. The zero-order valence-electron chi connectivity index (χ0n) is 26.2. The molecule has 0 fully saturated rings. The Labute approximate surface area is 279 Å². The number of nitrogens with zero attached hydrogens (tertiary/aromatic N) is 1. The van der Waals surface area contributed by atoms with Crippen molar-refractivity contribution >= 4 is 74.9 Å². The molecule has 2 aliphatic rings. The SMILES string of the molecule is CS(C)=O.CS(C)=O.CS(C)=O.O=S1(=O)C=C(c2ccccc2)NC(c2cccc(C3=CS(=O)(=O)C=C(c4ccccc4)N3)n2)=C1. The zero-order chi connectivity index (χ0) is 34.5. The zero-order valence-corrected chi connectivity index (χ0v) is 30.2. The molecule has 0 saturated heterocycles. The normalized spacial score (nSPS) is 15.8. The smallest absolute Gasteiger partial charge is 0.197 e. The summed E-state index contributed by atoms with van der Waals surface area (Å²) in [5, 5.41) is 10.8. The Morgan fingerprint density at radius 3 is 1.04 bits per heavy atom. The Balaban J connectivity index is 0.000000530. The lowest BCUT2D eigenvalue weighted by molar-refractivity contribution is 0.610. The van der Waals surface area contributed by atoms with Gasteiger partial charge in [-0.2, -0.15) is 0 Å². The lowest BCUT2D eigenvalue weighted by Gasteiger charge is -2.20. The molecule has 0 saturated carbocycles. The Bertz CT molecular complexity index is 1760. The van der Waals surface area contributed by atoms with E-state index in [4.69, 9.17) is 0 Å². The molecule has 46 heavy (non-hydrogen) atoms. The summed E-state index contributed by atoms with van der Waals surface area (Å²) in [7, 11) is -9.11. The summed E-state index contributed by atoms with van der Waals surface area (Å²) in [5.74, 6) is 0. The second kappa shape index (κ2) is 18.0. The molecule has 0 unspecified atom stereocenters. The first-order valence-corrected chi connectivity index (χ1v) is 22.3. The molecule has 0 radical (unpaired) electrons. The summed E-state index contributed by atoms with van der Waals surface area (Å²) >= 11 is 0. The highest BCUT2D eigenvalue weighted by Gasteiger charge is 2.22. The van der Waals surface area contributed by atoms with Crippen LogP contribution in [0.25, 0.3) is 22.8 Å². The average molecular weight is 724 g/mol. The molecule has 3 heterocycles. The van der Waals surface area contributed by atoms with Gasteiger partial charge in [0.05, 0.1) is 55.8 Å². The summed E-state index contributed by atoms with van der Waals surface area (Å²) in [4.78, 5) is 4.56. The van der Waals surface area contributed by atoms with Crippen LogP contribution in [0.15, 0.2) is 100 Å². The summed E-state index contributed by atoms with van der Waals surface area (Å²) in [6, 6.07) is 23.2. The largest absolute Gasteiger partial charge is 0.352 e. The van der Waals surface area contributed by atoms with Crippen LogP contribution in [0.5, 0.6) is 0 Å². The fraction of sp³-hybridized carbons (Fsp3) is 0.194. The molecule has 0 atom stereocenters. The van der Waals surface area contributed by atoms with Crippen LogP contribution in [0.4, 0.5) is 0 Å². The molecule has 2 aromatic carbocycles. The highest BCUT2D eigenvalue weighted by molar-refractivity contribution is 7.97. The highest BCUT2D eigenvalue weighted by Crippen LogP contribution is 2.28. The molecule has 2 N–H and O–H groups in total. The van der Waals surface area contributed by atoms with Crippen LogP contribution in [0.1, 0.15) is 22.5 Å². The van der Waals surface area contributed by atoms with E-state index in [0.29, 0.717) is 45.3 Å². The van der Waals surface area contributed by atoms with Gasteiger partial charge in [0.1, 0.15) is 0 Å². The minimum atomic E-state index is -3.64. The maximum absolute atomic E-state index is 12.6. The summed E-state index contributed by atoms with van der Waals surface area (Å²) in [6.45, 7) is 0. The number of hydrogen-bond acceptors (Lipinski definition) is 10. The minimum absolute atomic E-state index is 0.293. The third-order valence-corrected chi connectivity index (χ3v) is 7.39. The van der Waals surface area contributed by atoms with Gasteiger partial charge in [0, 0.05) is 69.9 Å². The third-order valence-electron chi connectivity index (χ3n) is 5.14. The highest BCUT2D eigenvalue weighted by atomic mass is 32.2. The molecule has 5 rings (SSSR count). The van der Waals surface area contributed by atoms with Crippen molar-refractivity contribution in [3.8, 4) is 0 Å². The van der Waals surface area contributed by atoms with E-state index < -0.39 is 52.1 Å². The van der Waals surface area contributed by atoms with Crippen LogP contribution >= 0.6 is 0 Å². The van der Waals surface area contributed by atoms with E-state index in [1.807, 2.05) is 36.4 Å². The number of pyridine rings is 1. The van der Waals surface area contributed by atoms with Gasteiger partial charge in [-0.1, -0.05) is 66.7 Å². The van der Waals surface area contributed by atoms with Crippen molar-refractivity contribution in [3.63, 3.8) is 0 Å². The molecular weight excluding hydrogens is 687 g/mol. The molecular formula is C31H37N3O7S5. The Kier molecular flexibility index (Phi) is 15.1. The second-order valence-corrected chi connectivity index (χ2v) is 17.7. The third kappa shape index (κ3) is 14.3. The van der Waals surface area contributed by atoms with Crippen LogP contribution in [0, 0.1) is 0 Å². The van der Waals surface area contributed by atoms with Gasteiger partial charge in [-0.25, -0.2) is 21.8 Å². The van der Waals surface area contributed by atoms with E-state index >= 15 is 0 Å². The monoisotopic (exact) mass is 723 g/mol. The van der Waals surface area contributed by atoms with Gasteiger partial charge >= 0.3 is 0 Å². The van der Waals surface area contributed by atoms with Gasteiger partial charge in [-0.15, -0.1) is 0 Å². The first-order valence-electron chi connectivity index (χ1n) is 13.2. The summed E-state index contributed by atoms with van der Waals surface area (Å²) < 4.78 is 78.9. The van der Waals surface area contributed by atoms with E-state index in [2.05, 4.69) is 15.6 Å². The number of nitrogens with one attached hydrogen (secondary N) is 2. The number of rotatable bonds is 4. The van der Waals surface area contributed by atoms with Crippen molar-refractivity contribution in [2.24, 2.45) is 0 Å². The fourth-order valence-corrected chi connectivity index (χ4v) is 5.83. The quantitative estimate of drug-likeness (QED) is 0.407. The predicted octanol–water partition coefficient (Wildman–Crippen LogP) is 3.70. The van der Waals surface area contributed by atoms with E-state index in [1.165, 1.54) is 10.8 Å². The standard InChI is InChI=1S/C25H19N3O4S2.3C2H6OS/c29-33(30)14-22(18-8-3-1-4-9-18)27-24(16-33)20-12-7-13-21(26-20)25-17-34(31,32)15-23(28-25)19-10-5-2-6-11-19;3*1-4(2)3/h1-17,27-28H;3*1-2H3. The average Bonchev–Trinajstić information content (AvgIpc) is 2.96. The maximum Gasteiger partial charge on any atom is 0.197 e. The number of benzene rings is 2. The van der Waals surface area contributed by atoms with Gasteiger partial charge in [-0.3, -0.25) is 12.6 Å². The van der Waals surface area contributed by atoms with Crippen LogP contribution in [-0.4, -0.2) is 72.0 Å².